The lowest BCUT2D eigenvalue weighted by atomic mass is 9.88. The van der Waals surface area contributed by atoms with Crippen molar-refractivity contribution in [2.24, 2.45) is 0 Å². The Morgan fingerprint density at radius 3 is 2.73 bits per heavy atom. The summed E-state index contributed by atoms with van der Waals surface area (Å²) in [6, 6.07) is 14.6. The molecule has 0 aliphatic heterocycles. The van der Waals surface area contributed by atoms with Gasteiger partial charge in [0.2, 0.25) is 0 Å². The van der Waals surface area contributed by atoms with Gasteiger partial charge < -0.3 is 5.32 Å². The van der Waals surface area contributed by atoms with Gasteiger partial charge in [-0.15, -0.1) is 18.3 Å². The molecule has 2 aromatic rings. The van der Waals surface area contributed by atoms with Gasteiger partial charge in [0.05, 0.1) is 11.6 Å². The van der Waals surface area contributed by atoms with Gasteiger partial charge in [-0.2, -0.15) is 0 Å². The van der Waals surface area contributed by atoms with Crippen LogP contribution >= 0.6 is 11.8 Å². The van der Waals surface area contributed by atoms with E-state index < -0.39 is 0 Å². The van der Waals surface area contributed by atoms with E-state index in [0.29, 0.717) is 0 Å². The standard InChI is InChI=1S/C23H27NOS/c1-3-15-26-22-12-8-7-11-20(22)23(25)24-21(4-2)19-14-13-17-9-5-6-10-18(17)16-19/h3,7-8,11-14,16,21H,1,4-6,9-10,15H2,2H3,(H,24,25)/t21-/m1/s1. The van der Waals surface area contributed by atoms with Gasteiger partial charge in [0, 0.05) is 10.6 Å². The van der Waals surface area contributed by atoms with Crippen LogP contribution in [0.4, 0.5) is 0 Å². The fourth-order valence-electron chi connectivity index (χ4n) is 3.56. The molecular formula is C23H27NOS. The van der Waals surface area contributed by atoms with Crippen LogP contribution in [-0.2, 0) is 12.8 Å². The summed E-state index contributed by atoms with van der Waals surface area (Å²) in [5.41, 5.74) is 4.91. The number of aryl methyl sites for hydroxylation is 2. The highest BCUT2D eigenvalue weighted by Crippen LogP contribution is 2.27. The molecule has 26 heavy (non-hydrogen) atoms. The number of carbonyl (C=O) groups excluding carboxylic acids is 1. The fourth-order valence-corrected chi connectivity index (χ4v) is 4.34. The van der Waals surface area contributed by atoms with Crippen molar-refractivity contribution in [3.63, 3.8) is 0 Å². The average Bonchev–Trinajstić information content (AvgIpc) is 2.70. The van der Waals surface area contributed by atoms with E-state index in [4.69, 9.17) is 0 Å². The first-order valence-electron chi connectivity index (χ1n) is 9.48. The Hall–Kier alpha value is -2.00. The van der Waals surface area contributed by atoms with E-state index in [1.807, 2.05) is 30.3 Å². The van der Waals surface area contributed by atoms with Crippen LogP contribution in [0.25, 0.3) is 0 Å². The molecule has 0 unspecified atom stereocenters. The van der Waals surface area contributed by atoms with Gasteiger partial charge in [-0.1, -0.05) is 43.3 Å². The predicted octanol–water partition coefficient (Wildman–Crippen LogP) is 5.72. The molecular weight excluding hydrogens is 338 g/mol. The number of amides is 1. The number of hydrogen-bond donors (Lipinski definition) is 1. The lowest BCUT2D eigenvalue weighted by molar-refractivity contribution is 0.0932. The zero-order chi connectivity index (χ0) is 18.4. The maximum Gasteiger partial charge on any atom is 0.252 e. The normalized spacial score (nSPS) is 14.3. The van der Waals surface area contributed by atoms with Crippen LogP contribution in [0, 0.1) is 0 Å². The number of hydrogen-bond acceptors (Lipinski definition) is 2. The number of nitrogens with one attached hydrogen (secondary N) is 1. The molecule has 2 aromatic carbocycles. The van der Waals surface area contributed by atoms with Crippen LogP contribution in [0.15, 0.2) is 60.0 Å². The van der Waals surface area contributed by atoms with Crippen molar-refractivity contribution in [1.29, 1.82) is 0 Å². The molecule has 3 rings (SSSR count). The highest BCUT2D eigenvalue weighted by Gasteiger charge is 2.18. The Balaban J connectivity index is 1.78. The topological polar surface area (TPSA) is 29.1 Å². The van der Waals surface area contributed by atoms with Gasteiger partial charge in [-0.3, -0.25) is 4.79 Å². The van der Waals surface area contributed by atoms with E-state index in [1.54, 1.807) is 11.8 Å². The van der Waals surface area contributed by atoms with Gasteiger partial charge in [0.1, 0.15) is 0 Å². The van der Waals surface area contributed by atoms with E-state index in [1.165, 1.54) is 36.0 Å². The number of thioether (sulfide) groups is 1. The largest absolute Gasteiger partial charge is 0.345 e. The molecule has 0 heterocycles. The first kappa shape index (κ1) is 18.8. The van der Waals surface area contributed by atoms with Crippen LogP contribution in [-0.4, -0.2) is 11.7 Å². The third-order valence-corrected chi connectivity index (χ3v) is 6.05. The van der Waals surface area contributed by atoms with Crippen molar-refractivity contribution in [3.8, 4) is 0 Å². The predicted molar refractivity (Wildman–Crippen MR) is 111 cm³/mol. The number of rotatable bonds is 7. The number of benzene rings is 2. The molecule has 0 aromatic heterocycles. The molecule has 1 aliphatic rings. The second-order valence-electron chi connectivity index (χ2n) is 6.77. The van der Waals surface area contributed by atoms with Gasteiger partial charge in [0.25, 0.3) is 5.91 Å². The maximum absolute atomic E-state index is 12.9. The van der Waals surface area contributed by atoms with Gasteiger partial charge >= 0.3 is 0 Å². The van der Waals surface area contributed by atoms with Crippen LogP contribution in [0.3, 0.4) is 0 Å². The van der Waals surface area contributed by atoms with E-state index in [0.717, 1.165) is 29.1 Å². The third kappa shape index (κ3) is 4.39. The second-order valence-corrected chi connectivity index (χ2v) is 7.83. The van der Waals surface area contributed by atoms with Crippen LogP contribution < -0.4 is 5.32 Å². The molecule has 1 atom stereocenters. The van der Waals surface area contributed by atoms with Crippen molar-refractivity contribution in [3.05, 3.63) is 77.4 Å². The summed E-state index contributed by atoms with van der Waals surface area (Å²) in [5.74, 6) is 0.800. The molecule has 0 radical (unpaired) electrons. The molecule has 0 saturated carbocycles. The van der Waals surface area contributed by atoms with Gasteiger partial charge in [-0.25, -0.2) is 0 Å². The zero-order valence-corrected chi connectivity index (χ0v) is 16.3. The molecule has 2 nitrogen and oxygen atoms in total. The summed E-state index contributed by atoms with van der Waals surface area (Å²) in [6.07, 6.45) is 7.65. The number of fused-ring (bicyclic) bond motifs is 1. The molecule has 0 bridgehead atoms. The molecule has 0 spiro atoms. The smallest absolute Gasteiger partial charge is 0.252 e. The number of carbonyl (C=O) groups is 1. The monoisotopic (exact) mass is 365 g/mol. The summed E-state index contributed by atoms with van der Waals surface area (Å²) in [5, 5.41) is 3.24. The van der Waals surface area contributed by atoms with Crippen molar-refractivity contribution < 1.29 is 4.79 Å². The van der Waals surface area contributed by atoms with Crippen molar-refractivity contribution >= 4 is 17.7 Å². The van der Waals surface area contributed by atoms with Crippen molar-refractivity contribution in [1.82, 2.24) is 5.32 Å². The maximum atomic E-state index is 12.9. The van der Waals surface area contributed by atoms with Gasteiger partial charge in [-0.05, 0) is 60.9 Å². The molecule has 0 fully saturated rings. The lowest BCUT2D eigenvalue weighted by Gasteiger charge is -2.22. The summed E-state index contributed by atoms with van der Waals surface area (Å²) < 4.78 is 0. The zero-order valence-electron chi connectivity index (χ0n) is 15.5. The van der Waals surface area contributed by atoms with Crippen molar-refractivity contribution in [2.75, 3.05) is 5.75 Å². The second kappa shape index (κ2) is 9.09. The molecule has 136 valence electrons. The first-order valence-corrected chi connectivity index (χ1v) is 10.5. The van der Waals surface area contributed by atoms with Crippen LogP contribution in [0.2, 0.25) is 0 Å². The van der Waals surface area contributed by atoms with E-state index in [2.05, 4.69) is 37.0 Å². The highest BCUT2D eigenvalue weighted by molar-refractivity contribution is 7.99. The van der Waals surface area contributed by atoms with E-state index in [-0.39, 0.29) is 11.9 Å². The molecule has 0 saturated heterocycles. The molecule has 1 N–H and O–H groups in total. The SMILES string of the molecule is C=CCSc1ccccc1C(=O)N[C@H](CC)c1ccc2c(c1)CCCC2. The van der Waals surface area contributed by atoms with E-state index >= 15 is 0 Å². The van der Waals surface area contributed by atoms with Gasteiger partial charge in [0.15, 0.2) is 0 Å². The summed E-state index contributed by atoms with van der Waals surface area (Å²) >= 11 is 1.65. The Morgan fingerprint density at radius 1 is 1.19 bits per heavy atom. The average molecular weight is 366 g/mol. The Labute approximate surface area is 161 Å². The van der Waals surface area contributed by atoms with Crippen LogP contribution in [0.1, 0.15) is 59.3 Å². The molecule has 1 amide bonds. The minimum Gasteiger partial charge on any atom is -0.345 e. The molecule has 3 heteroatoms. The van der Waals surface area contributed by atoms with Crippen LogP contribution in [0.5, 0.6) is 0 Å². The minimum atomic E-state index is 0.00160. The van der Waals surface area contributed by atoms with Crippen molar-refractivity contribution in [2.45, 2.75) is 50.0 Å². The fraction of sp³-hybridized carbons (Fsp3) is 0.348. The Bertz CT molecular complexity index is 784. The van der Waals surface area contributed by atoms with E-state index in [9.17, 15) is 4.79 Å². The first-order chi connectivity index (χ1) is 12.7. The third-order valence-electron chi connectivity index (χ3n) is 4.98. The lowest BCUT2D eigenvalue weighted by Crippen LogP contribution is -2.28. The Kier molecular flexibility index (Phi) is 6.56. The quantitative estimate of drug-likeness (QED) is 0.502. The summed E-state index contributed by atoms with van der Waals surface area (Å²) in [7, 11) is 0. The highest BCUT2D eigenvalue weighted by atomic mass is 32.2. The molecule has 1 aliphatic carbocycles. The Morgan fingerprint density at radius 2 is 1.96 bits per heavy atom. The summed E-state index contributed by atoms with van der Waals surface area (Å²) in [4.78, 5) is 13.9. The minimum absolute atomic E-state index is 0.00160. The summed E-state index contributed by atoms with van der Waals surface area (Å²) in [6.45, 7) is 5.89.